The van der Waals surface area contributed by atoms with Gasteiger partial charge in [0.25, 0.3) is 6.71 Å². The predicted molar refractivity (Wildman–Crippen MR) is 284 cm³/mol. The summed E-state index contributed by atoms with van der Waals surface area (Å²) in [7, 11) is 0. The molecule has 2 heterocycles. The van der Waals surface area contributed by atoms with Crippen molar-refractivity contribution in [3.63, 3.8) is 0 Å². The van der Waals surface area contributed by atoms with E-state index >= 15 is 0 Å². The van der Waals surface area contributed by atoms with E-state index in [1.807, 2.05) is 0 Å². The largest absolute Gasteiger partial charge is 0.311 e. The summed E-state index contributed by atoms with van der Waals surface area (Å²) < 4.78 is 0. The van der Waals surface area contributed by atoms with E-state index in [2.05, 4.69) is 232 Å². The average molecular weight is 857 g/mol. The number of fused-ring (bicyclic) bond motifs is 9. The van der Waals surface area contributed by atoms with E-state index in [-0.39, 0.29) is 28.4 Å². The molecule has 3 heteroatoms. The fourth-order valence-corrected chi connectivity index (χ4v) is 12.6. The molecule has 326 valence electrons. The van der Waals surface area contributed by atoms with Crippen LogP contribution in [-0.2, 0) is 21.7 Å². The highest BCUT2D eigenvalue weighted by atomic mass is 15.2. The molecule has 2 aliphatic heterocycles. The van der Waals surface area contributed by atoms with Gasteiger partial charge in [-0.3, -0.25) is 0 Å². The maximum atomic E-state index is 2.62. The SMILES string of the molecule is Cc1cc2c3c(c1)N(c1ccc4c(c1)C(C)(C)c1ccccc1-4)c1cc(C(C)(C)C)ccc1B3c1cc(C(C)(C)C)ccc1N2c1ccc(C2=CCCC3=C2c2ccccc2C3(C)C)cc1. The molecule has 0 bridgehead atoms. The van der Waals surface area contributed by atoms with E-state index in [4.69, 9.17) is 0 Å². The highest BCUT2D eigenvalue weighted by molar-refractivity contribution is 7.00. The van der Waals surface area contributed by atoms with Gasteiger partial charge in [-0.1, -0.05) is 172 Å². The number of allylic oxidation sites excluding steroid dienone is 4. The minimum Gasteiger partial charge on any atom is -0.311 e. The molecule has 0 amide bonds. The smallest absolute Gasteiger partial charge is 0.252 e. The first-order valence-electron chi connectivity index (χ1n) is 24.4. The fourth-order valence-electron chi connectivity index (χ4n) is 12.6. The van der Waals surface area contributed by atoms with E-state index in [1.165, 1.54) is 117 Å². The third-order valence-corrected chi connectivity index (χ3v) is 16.1. The van der Waals surface area contributed by atoms with Crippen molar-refractivity contribution in [3.8, 4) is 11.1 Å². The fraction of sp³-hybridized carbons (Fsp3) is 0.270. The number of nitrogens with zero attached hydrogens (tertiary/aromatic N) is 2. The number of rotatable bonds is 3. The highest BCUT2D eigenvalue weighted by Gasteiger charge is 2.45. The zero-order chi connectivity index (χ0) is 45.8. The van der Waals surface area contributed by atoms with Crippen molar-refractivity contribution in [2.24, 2.45) is 0 Å². The molecule has 66 heavy (non-hydrogen) atoms. The third-order valence-electron chi connectivity index (χ3n) is 16.1. The van der Waals surface area contributed by atoms with Crippen LogP contribution in [0.5, 0.6) is 0 Å². The zero-order valence-corrected chi connectivity index (χ0v) is 40.7. The van der Waals surface area contributed by atoms with Crippen molar-refractivity contribution in [2.75, 3.05) is 9.80 Å². The average Bonchev–Trinajstić information content (AvgIpc) is 3.67. The van der Waals surface area contributed by atoms with Gasteiger partial charge >= 0.3 is 0 Å². The standard InChI is InChI=1S/C63H61BN2/c1-38-33-56-59-57(34-38)66(43-29-30-46-45-17-12-14-20-48(45)63(10,11)51(46)37-43)55-36-41(61(5,6)7)25-31-52(55)64(59)53-35-40(60(2,3)4)26-32-54(53)65(56)42-27-23-39(24-28-42)44-19-16-22-50-58(44)47-18-13-15-21-49(47)62(50,8)9/h12-15,17-21,23-37H,16,22H2,1-11H3. The lowest BCUT2D eigenvalue weighted by Crippen LogP contribution is -2.61. The molecule has 0 saturated heterocycles. The molecule has 0 spiro atoms. The lowest BCUT2D eigenvalue weighted by atomic mass is 9.33. The number of anilines is 6. The molecule has 0 radical (unpaired) electrons. The van der Waals surface area contributed by atoms with Crippen LogP contribution >= 0.6 is 0 Å². The van der Waals surface area contributed by atoms with E-state index in [0.29, 0.717) is 0 Å². The normalized spacial score (nSPS) is 17.1. The van der Waals surface area contributed by atoms with Crippen LogP contribution in [0.25, 0.3) is 22.3 Å². The van der Waals surface area contributed by atoms with Gasteiger partial charge in [0.2, 0.25) is 0 Å². The number of hydrogen-bond acceptors (Lipinski definition) is 2. The Hall–Kier alpha value is -6.32. The molecular weight excluding hydrogens is 796 g/mol. The van der Waals surface area contributed by atoms with Crippen molar-refractivity contribution in [1.82, 2.24) is 0 Å². The quantitative estimate of drug-likeness (QED) is 0.163. The number of aryl methyl sites for hydroxylation is 1. The summed E-state index contributed by atoms with van der Waals surface area (Å²) >= 11 is 0. The Morgan fingerprint density at radius 2 is 1.09 bits per heavy atom. The van der Waals surface area contributed by atoms with E-state index in [1.54, 1.807) is 5.57 Å². The Morgan fingerprint density at radius 1 is 0.500 bits per heavy atom. The van der Waals surface area contributed by atoms with Gasteiger partial charge in [0.05, 0.1) is 0 Å². The molecule has 3 aliphatic carbocycles. The molecule has 2 nitrogen and oxygen atoms in total. The van der Waals surface area contributed by atoms with Gasteiger partial charge in [0, 0.05) is 45.0 Å². The molecule has 12 rings (SSSR count). The monoisotopic (exact) mass is 856 g/mol. The van der Waals surface area contributed by atoms with Crippen molar-refractivity contribution in [1.29, 1.82) is 0 Å². The third kappa shape index (κ3) is 5.81. The van der Waals surface area contributed by atoms with Gasteiger partial charge < -0.3 is 9.80 Å². The Balaban J connectivity index is 1.07. The van der Waals surface area contributed by atoms with Crippen LogP contribution in [0.15, 0.2) is 151 Å². The molecule has 0 saturated carbocycles. The first-order chi connectivity index (χ1) is 31.4. The summed E-state index contributed by atoms with van der Waals surface area (Å²) in [6.45, 7) is 26.1. The van der Waals surface area contributed by atoms with Crippen LogP contribution in [0.3, 0.4) is 0 Å². The highest BCUT2D eigenvalue weighted by Crippen LogP contribution is 2.55. The lowest BCUT2D eigenvalue weighted by Gasteiger charge is -2.45. The van der Waals surface area contributed by atoms with Crippen LogP contribution in [0.1, 0.15) is 127 Å². The second-order valence-corrected chi connectivity index (χ2v) is 23.0. The van der Waals surface area contributed by atoms with E-state index in [9.17, 15) is 0 Å². The van der Waals surface area contributed by atoms with E-state index in [0.717, 1.165) is 12.8 Å². The molecule has 0 fully saturated rings. The predicted octanol–water partition coefficient (Wildman–Crippen LogP) is 14.9. The molecular formula is C63H61BN2. The zero-order valence-electron chi connectivity index (χ0n) is 40.7. The van der Waals surface area contributed by atoms with Crippen LogP contribution < -0.4 is 26.2 Å². The van der Waals surface area contributed by atoms with Gasteiger partial charge in [-0.2, -0.15) is 0 Å². The van der Waals surface area contributed by atoms with Gasteiger partial charge in [-0.25, -0.2) is 0 Å². The van der Waals surface area contributed by atoms with Gasteiger partial charge in [0.15, 0.2) is 0 Å². The summed E-state index contributed by atoms with van der Waals surface area (Å²) in [5.41, 5.74) is 29.5. The topological polar surface area (TPSA) is 6.48 Å². The minimum absolute atomic E-state index is 0.0129. The van der Waals surface area contributed by atoms with Gasteiger partial charge in [-0.15, -0.1) is 0 Å². The van der Waals surface area contributed by atoms with Gasteiger partial charge in [0.1, 0.15) is 0 Å². The number of benzene rings is 7. The summed E-state index contributed by atoms with van der Waals surface area (Å²) in [5, 5.41) is 0. The molecule has 0 atom stereocenters. The molecule has 7 aromatic carbocycles. The summed E-state index contributed by atoms with van der Waals surface area (Å²) in [4.78, 5) is 5.20. The summed E-state index contributed by atoms with van der Waals surface area (Å²) in [5.74, 6) is 0. The first kappa shape index (κ1) is 41.1. The Bertz CT molecular complexity index is 3290. The van der Waals surface area contributed by atoms with Crippen molar-refractivity contribution >= 4 is 68.4 Å². The second kappa shape index (κ2) is 13.9. The maximum absolute atomic E-state index is 2.62. The minimum atomic E-state index is -0.114. The van der Waals surface area contributed by atoms with Crippen LogP contribution in [0.4, 0.5) is 34.1 Å². The number of hydrogen-bond donors (Lipinski definition) is 0. The molecule has 5 aliphatic rings. The van der Waals surface area contributed by atoms with Crippen molar-refractivity contribution in [2.45, 2.75) is 111 Å². The summed E-state index contributed by atoms with van der Waals surface area (Å²) in [6, 6.07) is 54.6. The second-order valence-electron chi connectivity index (χ2n) is 23.0. The molecule has 0 unspecified atom stereocenters. The Kier molecular flexibility index (Phi) is 8.64. The van der Waals surface area contributed by atoms with Crippen LogP contribution in [-0.4, -0.2) is 6.71 Å². The first-order valence-corrected chi connectivity index (χ1v) is 24.4. The molecule has 7 aromatic rings. The Morgan fingerprint density at radius 3 is 1.79 bits per heavy atom. The van der Waals surface area contributed by atoms with E-state index < -0.39 is 0 Å². The molecule has 0 aromatic heterocycles. The van der Waals surface area contributed by atoms with Gasteiger partial charge in [-0.05, 0) is 162 Å². The van der Waals surface area contributed by atoms with Crippen LogP contribution in [0.2, 0.25) is 0 Å². The summed E-state index contributed by atoms with van der Waals surface area (Å²) in [6.07, 6.45) is 4.69. The maximum Gasteiger partial charge on any atom is 0.252 e. The van der Waals surface area contributed by atoms with Crippen molar-refractivity contribution in [3.05, 3.63) is 196 Å². The molecule has 0 N–H and O–H groups in total. The lowest BCUT2D eigenvalue weighted by molar-refractivity contribution is 0.590. The Labute approximate surface area is 393 Å². The van der Waals surface area contributed by atoms with Crippen LogP contribution in [0, 0.1) is 6.92 Å². The van der Waals surface area contributed by atoms with Crippen molar-refractivity contribution < 1.29 is 0 Å².